The number of esters is 1. The second kappa shape index (κ2) is 4.91. The van der Waals surface area contributed by atoms with E-state index in [1.54, 1.807) is 11.8 Å². The standard InChI is InChI=1S/C13H14N2O3/c1-9-10(13(16)18-3)8-14-15(9)11-6-4-5-7-12(11)17-2/h4-8H,1-3H3. The van der Waals surface area contributed by atoms with Crippen LogP contribution in [-0.2, 0) is 4.74 Å². The average molecular weight is 246 g/mol. The van der Waals surface area contributed by atoms with Crippen molar-refractivity contribution in [3.8, 4) is 11.4 Å². The van der Waals surface area contributed by atoms with Gasteiger partial charge in [-0.25, -0.2) is 9.48 Å². The lowest BCUT2D eigenvalue weighted by molar-refractivity contribution is 0.0600. The van der Waals surface area contributed by atoms with Gasteiger partial charge in [-0.1, -0.05) is 12.1 Å². The monoisotopic (exact) mass is 246 g/mol. The first-order chi connectivity index (χ1) is 8.69. The topological polar surface area (TPSA) is 53.3 Å². The fourth-order valence-electron chi connectivity index (χ4n) is 1.77. The fourth-order valence-corrected chi connectivity index (χ4v) is 1.77. The number of methoxy groups -OCH3 is 2. The van der Waals surface area contributed by atoms with Gasteiger partial charge in [0.15, 0.2) is 0 Å². The molecule has 0 aliphatic carbocycles. The molecule has 1 heterocycles. The minimum absolute atomic E-state index is 0.395. The quantitative estimate of drug-likeness (QED) is 0.777. The Bertz CT molecular complexity index is 575. The van der Waals surface area contributed by atoms with Crippen molar-refractivity contribution in [3.05, 3.63) is 41.7 Å². The maximum absolute atomic E-state index is 11.5. The molecule has 94 valence electrons. The summed E-state index contributed by atoms with van der Waals surface area (Å²) >= 11 is 0. The Morgan fingerprint density at radius 3 is 2.67 bits per heavy atom. The summed E-state index contributed by atoms with van der Waals surface area (Å²) in [5.41, 5.74) is 1.95. The summed E-state index contributed by atoms with van der Waals surface area (Å²) in [6.07, 6.45) is 1.49. The number of aromatic nitrogens is 2. The Balaban J connectivity index is 2.52. The molecule has 5 nitrogen and oxygen atoms in total. The highest BCUT2D eigenvalue weighted by Gasteiger charge is 2.16. The van der Waals surface area contributed by atoms with Gasteiger partial charge in [-0.15, -0.1) is 0 Å². The van der Waals surface area contributed by atoms with E-state index in [9.17, 15) is 4.79 Å². The van der Waals surface area contributed by atoms with Crippen molar-refractivity contribution >= 4 is 5.97 Å². The third-order valence-corrected chi connectivity index (χ3v) is 2.73. The molecule has 0 aliphatic heterocycles. The molecule has 5 heteroatoms. The van der Waals surface area contributed by atoms with Crippen LogP contribution in [0.2, 0.25) is 0 Å². The van der Waals surface area contributed by atoms with Gasteiger partial charge in [0.2, 0.25) is 0 Å². The van der Waals surface area contributed by atoms with Crippen molar-refractivity contribution in [2.24, 2.45) is 0 Å². The molecule has 0 radical (unpaired) electrons. The molecule has 0 atom stereocenters. The van der Waals surface area contributed by atoms with E-state index >= 15 is 0 Å². The van der Waals surface area contributed by atoms with Gasteiger partial charge in [0, 0.05) is 0 Å². The van der Waals surface area contributed by atoms with Gasteiger partial charge in [0.05, 0.1) is 26.1 Å². The Kier molecular flexibility index (Phi) is 3.32. The third kappa shape index (κ3) is 1.95. The van der Waals surface area contributed by atoms with Crippen LogP contribution in [0.3, 0.4) is 0 Å². The number of hydrogen-bond acceptors (Lipinski definition) is 4. The second-order valence-corrected chi connectivity index (χ2v) is 3.72. The van der Waals surface area contributed by atoms with E-state index in [0.717, 1.165) is 5.69 Å². The Morgan fingerprint density at radius 1 is 1.28 bits per heavy atom. The zero-order chi connectivity index (χ0) is 13.1. The number of carbonyl (C=O) groups excluding carboxylic acids is 1. The van der Waals surface area contributed by atoms with Crippen molar-refractivity contribution in [1.29, 1.82) is 0 Å². The number of rotatable bonds is 3. The van der Waals surface area contributed by atoms with Crippen LogP contribution in [-0.4, -0.2) is 30.0 Å². The van der Waals surface area contributed by atoms with E-state index in [4.69, 9.17) is 9.47 Å². The largest absolute Gasteiger partial charge is 0.494 e. The summed E-state index contributed by atoms with van der Waals surface area (Å²) in [5.74, 6) is 0.300. The molecule has 0 spiro atoms. The van der Waals surface area contributed by atoms with Gasteiger partial charge in [-0.2, -0.15) is 5.10 Å². The van der Waals surface area contributed by atoms with Gasteiger partial charge in [0.25, 0.3) is 0 Å². The molecular weight excluding hydrogens is 232 g/mol. The van der Waals surface area contributed by atoms with Crippen LogP contribution in [0.15, 0.2) is 30.5 Å². The SMILES string of the molecule is COC(=O)c1cnn(-c2ccccc2OC)c1C. The highest BCUT2D eigenvalue weighted by Crippen LogP contribution is 2.24. The van der Waals surface area contributed by atoms with E-state index in [1.807, 2.05) is 31.2 Å². The number of nitrogens with zero attached hydrogens (tertiary/aromatic N) is 2. The normalized spacial score (nSPS) is 10.2. The molecule has 2 rings (SSSR count). The Morgan fingerprint density at radius 2 is 2.00 bits per heavy atom. The number of ether oxygens (including phenoxy) is 2. The Labute approximate surface area is 105 Å². The molecule has 0 saturated carbocycles. The van der Waals surface area contributed by atoms with Gasteiger partial charge in [0.1, 0.15) is 17.0 Å². The summed E-state index contributed by atoms with van der Waals surface area (Å²) in [5, 5.41) is 4.20. The van der Waals surface area contributed by atoms with Crippen molar-refractivity contribution in [1.82, 2.24) is 9.78 Å². The minimum atomic E-state index is -0.395. The zero-order valence-corrected chi connectivity index (χ0v) is 10.5. The van der Waals surface area contributed by atoms with Gasteiger partial charge in [-0.05, 0) is 19.1 Å². The van der Waals surface area contributed by atoms with Crippen molar-refractivity contribution in [3.63, 3.8) is 0 Å². The van der Waals surface area contributed by atoms with E-state index in [-0.39, 0.29) is 0 Å². The summed E-state index contributed by atoms with van der Waals surface area (Å²) in [6.45, 7) is 1.81. The predicted octanol–water partition coefficient (Wildman–Crippen LogP) is 1.98. The van der Waals surface area contributed by atoms with Crippen molar-refractivity contribution < 1.29 is 14.3 Å². The predicted molar refractivity (Wildman–Crippen MR) is 66.2 cm³/mol. The molecule has 0 N–H and O–H groups in total. The van der Waals surface area contributed by atoms with Crippen LogP contribution in [0.5, 0.6) is 5.75 Å². The van der Waals surface area contributed by atoms with Crippen LogP contribution in [0, 0.1) is 6.92 Å². The lowest BCUT2D eigenvalue weighted by Gasteiger charge is -2.09. The van der Waals surface area contributed by atoms with Gasteiger partial charge < -0.3 is 9.47 Å². The van der Waals surface area contributed by atoms with Crippen LogP contribution in [0.1, 0.15) is 16.1 Å². The fraction of sp³-hybridized carbons (Fsp3) is 0.231. The summed E-state index contributed by atoms with van der Waals surface area (Å²) in [4.78, 5) is 11.5. The summed E-state index contributed by atoms with van der Waals surface area (Å²) < 4.78 is 11.6. The lowest BCUT2D eigenvalue weighted by atomic mass is 10.2. The first-order valence-electron chi connectivity index (χ1n) is 5.45. The molecule has 18 heavy (non-hydrogen) atoms. The molecule has 0 bridgehead atoms. The van der Waals surface area contributed by atoms with Crippen molar-refractivity contribution in [2.45, 2.75) is 6.92 Å². The number of hydrogen-bond donors (Lipinski definition) is 0. The van der Waals surface area contributed by atoms with Crippen LogP contribution in [0.25, 0.3) is 5.69 Å². The van der Waals surface area contributed by atoms with Crippen LogP contribution < -0.4 is 4.74 Å². The van der Waals surface area contributed by atoms with Crippen molar-refractivity contribution in [2.75, 3.05) is 14.2 Å². The maximum Gasteiger partial charge on any atom is 0.341 e. The Hall–Kier alpha value is -2.30. The maximum atomic E-state index is 11.5. The van der Waals surface area contributed by atoms with E-state index in [2.05, 4.69) is 5.10 Å². The molecular formula is C13H14N2O3. The molecule has 2 aromatic rings. The first kappa shape index (κ1) is 12.2. The minimum Gasteiger partial charge on any atom is -0.494 e. The van der Waals surface area contributed by atoms with Crippen LogP contribution >= 0.6 is 0 Å². The smallest absolute Gasteiger partial charge is 0.341 e. The molecule has 0 amide bonds. The molecule has 0 aliphatic rings. The molecule has 1 aromatic carbocycles. The molecule has 0 unspecified atom stereocenters. The van der Waals surface area contributed by atoms with Crippen LogP contribution in [0.4, 0.5) is 0 Å². The van der Waals surface area contributed by atoms with E-state index < -0.39 is 5.97 Å². The molecule has 1 aromatic heterocycles. The first-order valence-corrected chi connectivity index (χ1v) is 5.45. The molecule has 0 saturated heterocycles. The highest BCUT2D eigenvalue weighted by atomic mass is 16.5. The van der Waals surface area contributed by atoms with Gasteiger partial charge >= 0.3 is 5.97 Å². The second-order valence-electron chi connectivity index (χ2n) is 3.72. The molecule has 0 fully saturated rings. The summed E-state index contributed by atoms with van der Waals surface area (Å²) in [7, 11) is 2.95. The number of benzene rings is 1. The van der Waals surface area contributed by atoms with E-state index in [1.165, 1.54) is 13.3 Å². The highest BCUT2D eigenvalue weighted by molar-refractivity contribution is 5.90. The number of carbonyl (C=O) groups is 1. The average Bonchev–Trinajstić information content (AvgIpc) is 2.79. The lowest BCUT2D eigenvalue weighted by Crippen LogP contribution is -2.05. The van der Waals surface area contributed by atoms with E-state index in [0.29, 0.717) is 17.0 Å². The summed E-state index contributed by atoms with van der Waals surface area (Å²) in [6, 6.07) is 7.48. The third-order valence-electron chi connectivity index (χ3n) is 2.73. The zero-order valence-electron chi connectivity index (χ0n) is 10.5. The number of para-hydroxylation sites is 2. The van der Waals surface area contributed by atoms with Gasteiger partial charge in [-0.3, -0.25) is 0 Å².